The quantitative estimate of drug-likeness (QED) is 0.561. The van der Waals surface area contributed by atoms with Gasteiger partial charge >= 0.3 is 0 Å². The molecule has 172 valence electrons. The molecule has 2 aliphatic rings. The van der Waals surface area contributed by atoms with Crippen LogP contribution in [0.4, 0.5) is 10.1 Å². The number of benzene rings is 2. The highest BCUT2D eigenvalue weighted by Crippen LogP contribution is 2.36. The summed E-state index contributed by atoms with van der Waals surface area (Å²) in [5.41, 5.74) is 4.41. The number of aromatic nitrogens is 1. The summed E-state index contributed by atoms with van der Waals surface area (Å²) in [5, 5.41) is 4.82. The van der Waals surface area contributed by atoms with Gasteiger partial charge in [0, 0.05) is 42.4 Å². The molecule has 4 nitrogen and oxygen atoms in total. The molecule has 0 aliphatic carbocycles. The highest BCUT2D eigenvalue weighted by molar-refractivity contribution is 7.12. The van der Waals surface area contributed by atoms with E-state index < -0.39 is 0 Å². The van der Waals surface area contributed by atoms with Crippen LogP contribution in [0.1, 0.15) is 53.9 Å². The number of halogens is 1. The molecule has 1 saturated heterocycles. The molecule has 1 atom stereocenters. The zero-order chi connectivity index (χ0) is 23.0. The van der Waals surface area contributed by atoms with Gasteiger partial charge in [-0.05, 0) is 42.2 Å². The van der Waals surface area contributed by atoms with Gasteiger partial charge in [0.2, 0.25) is 0 Å². The van der Waals surface area contributed by atoms with Crippen LogP contribution in [0.5, 0.6) is 0 Å². The molecule has 33 heavy (non-hydrogen) atoms. The highest BCUT2D eigenvalue weighted by Gasteiger charge is 2.31. The average molecular weight is 463 g/mol. The molecular weight excluding hydrogens is 431 g/mol. The third-order valence-corrected chi connectivity index (χ3v) is 7.83. The monoisotopic (exact) mass is 462 g/mol. The van der Waals surface area contributed by atoms with Crippen molar-refractivity contribution in [2.75, 3.05) is 19.6 Å². The Bertz CT molecular complexity index is 1180. The maximum atomic E-state index is 13.6. The molecule has 1 fully saturated rings. The number of thiazole rings is 1. The number of para-hydroxylation sites is 1. The second kappa shape index (κ2) is 8.99. The fourth-order valence-corrected chi connectivity index (χ4v) is 5.68. The zero-order valence-electron chi connectivity index (χ0n) is 19.6. The Morgan fingerprint density at radius 2 is 2.00 bits per heavy atom. The first kappa shape index (κ1) is 22.2. The van der Waals surface area contributed by atoms with Crippen molar-refractivity contribution in [2.45, 2.75) is 51.5 Å². The summed E-state index contributed by atoms with van der Waals surface area (Å²) in [7, 11) is 0. The molecule has 0 radical (unpaired) electrons. The van der Waals surface area contributed by atoms with Crippen LogP contribution in [-0.2, 0) is 18.3 Å². The van der Waals surface area contributed by atoms with Crippen molar-refractivity contribution in [1.29, 1.82) is 0 Å². The first-order chi connectivity index (χ1) is 15.9. The normalized spacial score (nSPS) is 18.4. The van der Waals surface area contributed by atoms with Crippen LogP contribution >= 0.6 is 11.3 Å². The minimum Gasteiger partial charge on any atom is -0.352 e. The van der Waals surface area contributed by atoms with Crippen molar-refractivity contribution in [3.05, 3.63) is 81.1 Å². The van der Waals surface area contributed by atoms with E-state index in [9.17, 15) is 4.39 Å². The van der Waals surface area contributed by atoms with E-state index in [0.717, 1.165) is 66.7 Å². The molecule has 0 bridgehead atoms. The van der Waals surface area contributed by atoms with Gasteiger partial charge in [0.1, 0.15) is 11.5 Å². The summed E-state index contributed by atoms with van der Waals surface area (Å²) in [6.45, 7) is 9.35. The predicted octanol–water partition coefficient (Wildman–Crippen LogP) is 5.47. The molecule has 0 amide bonds. The third-order valence-electron chi connectivity index (χ3n) is 6.35. The standard InChI is InChI=1S/C27H31FN4S/c1-27(2,3)26-31-24-23(33-26)16-19-8-4-5-10-22(19)30-25(24)32-14-13-29-21(17-32)12-11-18-7-6-9-20(28)15-18/h4-10,15,21,29H,11-14,16-17H2,1-3H3/t21-/m0/s1. The molecule has 6 heteroatoms. The molecule has 2 aliphatic heterocycles. The summed E-state index contributed by atoms with van der Waals surface area (Å²) in [6.07, 6.45) is 2.69. The van der Waals surface area contributed by atoms with E-state index in [0.29, 0.717) is 6.04 Å². The van der Waals surface area contributed by atoms with E-state index in [1.165, 1.54) is 16.5 Å². The lowest BCUT2D eigenvalue weighted by Gasteiger charge is -2.35. The van der Waals surface area contributed by atoms with Crippen LogP contribution in [0, 0.1) is 5.82 Å². The van der Waals surface area contributed by atoms with Crippen LogP contribution in [0.3, 0.4) is 0 Å². The third kappa shape index (κ3) is 4.87. The Balaban J connectivity index is 1.43. The van der Waals surface area contributed by atoms with Crippen molar-refractivity contribution < 1.29 is 4.39 Å². The van der Waals surface area contributed by atoms with Crippen LogP contribution < -0.4 is 5.32 Å². The number of fused-ring (bicyclic) bond motifs is 2. The van der Waals surface area contributed by atoms with Gasteiger partial charge in [-0.1, -0.05) is 51.1 Å². The minimum atomic E-state index is -0.164. The average Bonchev–Trinajstić information content (AvgIpc) is 3.15. The number of aliphatic imine (C=N–C) groups is 1. The smallest absolute Gasteiger partial charge is 0.156 e. The molecule has 3 aromatic rings. The molecule has 0 unspecified atom stereocenters. The number of aryl methyl sites for hydroxylation is 1. The van der Waals surface area contributed by atoms with Gasteiger partial charge < -0.3 is 10.2 Å². The van der Waals surface area contributed by atoms with Crippen LogP contribution in [0.15, 0.2) is 53.5 Å². The number of nitrogens with one attached hydrogen (secondary N) is 1. The van der Waals surface area contributed by atoms with Gasteiger partial charge in [0.15, 0.2) is 5.84 Å². The summed E-state index contributed by atoms with van der Waals surface area (Å²) >= 11 is 1.83. The maximum Gasteiger partial charge on any atom is 0.156 e. The fraction of sp³-hybridized carbons (Fsp3) is 0.407. The Labute approximate surface area is 199 Å². The first-order valence-corrected chi connectivity index (χ1v) is 12.6. The number of piperazine rings is 1. The molecular formula is C27H31FN4S. The van der Waals surface area contributed by atoms with E-state index in [1.807, 2.05) is 17.4 Å². The Morgan fingerprint density at radius 1 is 1.15 bits per heavy atom. The van der Waals surface area contributed by atoms with Crippen molar-refractivity contribution in [3.8, 4) is 0 Å². The number of rotatable bonds is 3. The van der Waals surface area contributed by atoms with Crippen molar-refractivity contribution in [2.24, 2.45) is 4.99 Å². The van der Waals surface area contributed by atoms with Crippen LogP contribution in [0.2, 0.25) is 0 Å². The Kier molecular flexibility index (Phi) is 6.06. The summed E-state index contributed by atoms with van der Waals surface area (Å²) < 4.78 is 13.6. The Hall–Kier alpha value is -2.57. The zero-order valence-corrected chi connectivity index (χ0v) is 20.4. The topological polar surface area (TPSA) is 40.5 Å². The van der Waals surface area contributed by atoms with Gasteiger partial charge in [0.05, 0.1) is 10.7 Å². The molecule has 3 heterocycles. The van der Waals surface area contributed by atoms with E-state index >= 15 is 0 Å². The molecule has 1 N–H and O–H groups in total. The van der Waals surface area contributed by atoms with Crippen LogP contribution in [0.25, 0.3) is 0 Å². The molecule has 2 aromatic carbocycles. The highest BCUT2D eigenvalue weighted by atomic mass is 32.1. The lowest BCUT2D eigenvalue weighted by atomic mass is 9.98. The van der Waals surface area contributed by atoms with Crippen molar-refractivity contribution >= 4 is 22.9 Å². The first-order valence-electron chi connectivity index (χ1n) is 11.8. The van der Waals surface area contributed by atoms with Crippen molar-refractivity contribution in [1.82, 2.24) is 15.2 Å². The lowest BCUT2D eigenvalue weighted by molar-refractivity contribution is 0.281. The lowest BCUT2D eigenvalue weighted by Crippen LogP contribution is -2.53. The van der Waals surface area contributed by atoms with Gasteiger partial charge in [-0.3, -0.25) is 0 Å². The van der Waals surface area contributed by atoms with Crippen LogP contribution in [-0.4, -0.2) is 41.4 Å². The molecule has 0 saturated carbocycles. The maximum absolute atomic E-state index is 13.6. The molecule has 5 rings (SSSR count). The summed E-state index contributed by atoms with van der Waals surface area (Å²) in [6, 6.07) is 15.7. The van der Waals surface area contributed by atoms with Crippen molar-refractivity contribution in [3.63, 3.8) is 0 Å². The van der Waals surface area contributed by atoms with Gasteiger partial charge in [0.25, 0.3) is 0 Å². The van der Waals surface area contributed by atoms with E-state index in [2.05, 4.69) is 55.3 Å². The fourth-order valence-electron chi connectivity index (χ4n) is 4.54. The van der Waals surface area contributed by atoms with E-state index in [4.69, 9.17) is 9.98 Å². The second-order valence-corrected chi connectivity index (χ2v) is 11.1. The number of hydrogen-bond donors (Lipinski definition) is 1. The summed E-state index contributed by atoms with van der Waals surface area (Å²) in [4.78, 5) is 14.0. The minimum absolute atomic E-state index is 0.0123. The van der Waals surface area contributed by atoms with E-state index in [-0.39, 0.29) is 11.2 Å². The van der Waals surface area contributed by atoms with Gasteiger partial charge in [-0.2, -0.15) is 0 Å². The number of hydrogen-bond acceptors (Lipinski definition) is 5. The SMILES string of the molecule is CC(C)(C)c1nc2c(s1)Cc1ccccc1N=C2N1CCN[C@@H](CCc2cccc(F)c2)C1. The predicted molar refractivity (Wildman–Crippen MR) is 134 cm³/mol. The largest absolute Gasteiger partial charge is 0.352 e. The number of amidine groups is 1. The number of nitrogens with zero attached hydrogens (tertiary/aromatic N) is 3. The molecule has 1 aromatic heterocycles. The Morgan fingerprint density at radius 3 is 2.82 bits per heavy atom. The van der Waals surface area contributed by atoms with Gasteiger partial charge in [-0.25, -0.2) is 14.4 Å². The second-order valence-electron chi connectivity index (χ2n) is 10.0. The molecule has 0 spiro atoms. The van der Waals surface area contributed by atoms with E-state index in [1.54, 1.807) is 12.1 Å². The van der Waals surface area contributed by atoms with Gasteiger partial charge in [-0.15, -0.1) is 11.3 Å². The summed E-state index contributed by atoms with van der Waals surface area (Å²) in [5.74, 6) is 0.835.